The van der Waals surface area contributed by atoms with Gasteiger partial charge in [0.05, 0.1) is 33.3 Å². The van der Waals surface area contributed by atoms with E-state index >= 15 is 0 Å². The second kappa shape index (κ2) is 14.0. The third-order valence-electron chi connectivity index (χ3n) is 6.37. The average Bonchev–Trinajstić information content (AvgIpc) is 3.72. The Labute approximate surface area is 233 Å². The van der Waals surface area contributed by atoms with E-state index in [1.165, 1.54) is 20.3 Å². The molecular formula is C30H35FN4O5. The van der Waals surface area contributed by atoms with Crippen LogP contribution in [0.3, 0.4) is 0 Å². The molecule has 0 atom stereocenters. The molecule has 0 radical (unpaired) electrons. The van der Waals surface area contributed by atoms with E-state index in [0.29, 0.717) is 17.9 Å². The summed E-state index contributed by atoms with van der Waals surface area (Å²) in [6, 6.07) is 19.9. The average molecular weight is 551 g/mol. The van der Waals surface area contributed by atoms with E-state index in [-0.39, 0.29) is 35.4 Å². The number of hydrogen-bond acceptors (Lipinski definition) is 5. The van der Waals surface area contributed by atoms with Crippen molar-refractivity contribution in [2.24, 2.45) is 16.5 Å². The number of nitrogens with zero attached hydrogens (tertiary/aromatic N) is 1. The first-order valence-electron chi connectivity index (χ1n) is 12.7. The first-order valence-corrected chi connectivity index (χ1v) is 12.7. The first-order chi connectivity index (χ1) is 19.2. The molecule has 1 saturated carbocycles. The summed E-state index contributed by atoms with van der Waals surface area (Å²) in [5.41, 5.74) is 12.7. The van der Waals surface area contributed by atoms with Crippen LogP contribution in [0.15, 0.2) is 71.7 Å². The van der Waals surface area contributed by atoms with Crippen LogP contribution in [-0.4, -0.2) is 39.1 Å². The van der Waals surface area contributed by atoms with Crippen molar-refractivity contribution in [1.82, 2.24) is 5.32 Å². The number of guanidine groups is 1. The molecule has 0 saturated heterocycles. The van der Waals surface area contributed by atoms with Gasteiger partial charge >= 0.3 is 0 Å². The van der Waals surface area contributed by atoms with Crippen LogP contribution in [0.4, 0.5) is 4.39 Å². The summed E-state index contributed by atoms with van der Waals surface area (Å²) in [6.45, 7) is 0. The number of hydrogen-bond donors (Lipinski definition) is 3. The van der Waals surface area contributed by atoms with Crippen LogP contribution in [0, 0.1) is 5.82 Å². The molecule has 40 heavy (non-hydrogen) atoms. The van der Waals surface area contributed by atoms with Crippen LogP contribution in [0.5, 0.6) is 17.2 Å². The van der Waals surface area contributed by atoms with E-state index in [0.717, 1.165) is 36.0 Å². The molecule has 1 aliphatic carbocycles. The zero-order valence-electron chi connectivity index (χ0n) is 22.9. The van der Waals surface area contributed by atoms with Gasteiger partial charge in [-0.25, -0.2) is 4.39 Å². The maximum Gasteiger partial charge on any atom is 0.253 e. The third kappa shape index (κ3) is 8.45. The molecule has 0 unspecified atom stereocenters. The highest BCUT2D eigenvalue weighted by Gasteiger charge is 2.45. The minimum atomic E-state index is -0.405. The van der Waals surface area contributed by atoms with Crippen LogP contribution in [-0.2, 0) is 28.0 Å². The van der Waals surface area contributed by atoms with Gasteiger partial charge < -0.3 is 31.0 Å². The summed E-state index contributed by atoms with van der Waals surface area (Å²) in [6.07, 6.45) is 3.02. The molecule has 0 bridgehead atoms. The van der Waals surface area contributed by atoms with Crippen LogP contribution in [0.25, 0.3) is 0 Å². The Morgan fingerprint density at radius 1 is 0.875 bits per heavy atom. The van der Waals surface area contributed by atoms with Gasteiger partial charge in [0.15, 0.2) is 29.0 Å². The Kier molecular flexibility index (Phi) is 10.5. The predicted molar refractivity (Wildman–Crippen MR) is 151 cm³/mol. The van der Waals surface area contributed by atoms with Gasteiger partial charge in [-0.3, -0.25) is 9.59 Å². The maximum absolute atomic E-state index is 13.5. The molecule has 4 rings (SSSR count). The normalized spacial score (nSPS) is 12.7. The van der Waals surface area contributed by atoms with Crippen molar-refractivity contribution >= 4 is 17.8 Å². The number of carbonyl (C=O) groups excluding carboxylic acids is 2. The second-order valence-electron chi connectivity index (χ2n) is 9.26. The quantitative estimate of drug-likeness (QED) is 0.259. The van der Waals surface area contributed by atoms with Crippen LogP contribution in [0.2, 0.25) is 0 Å². The van der Waals surface area contributed by atoms with E-state index in [4.69, 9.17) is 25.7 Å². The first kappa shape index (κ1) is 29.9. The Hall–Kier alpha value is -4.60. The van der Waals surface area contributed by atoms with Crippen molar-refractivity contribution in [2.75, 3.05) is 21.3 Å². The second-order valence-corrected chi connectivity index (χ2v) is 9.26. The molecule has 0 aromatic heterocycles. The summed E-state index contributed by atoms with van der Waals surface area (Å²) in [5.74, 6) is 0.366. The number of nitrogens with one attached hydrogen (secondary N) is 1. The Morgan fingerprint density at radius 2 is 1.55 bits per heavy atom. The van der Waals surface area contributed by atoms with Gasteiger partial charge in [-0.1, -0.05) is 42.5 Å². The molecule has 9 nitrogen and oxygen atoms in total. The smallest absolute Gasteiger partial charge is 0.253 e. The minimum absolute atomic E-state index is 0.0228. The Morgan fingerprint density at radius 3 is 2.15 bits per heavy atom. The van der Waals surface area contributed by atoms with E-state index in [9.17, 15) is 14.0 Å². The van der Waals surface area contributed by atoms with Crippen LogP contribution in [0.1, 0.15) is 36.0 Å². The Balaban J connectivity index is 0.000000232. The van der Waals surface area contributed by atoms with Gasteiger partial charge in [-0.2, -0.15) is 4.99 Å². The van der Waals surface area contributed by atoms with Gasteiger partial charge in [0.25, 0.3) is 5.91 Å². The van der Waals surface area contributed by atoms with E-state index in [2.05, 4.69) is 10.3 Å². The fourth-order valence-corrected chi connectivity index (χ4v) is 4.15. The van der Waals surface area contributed by atoms with Crippen molar-refractivity contribution in [2.45, 2.75) is 37.6 Å². The number of benzene rings is 3. The number of ether oxygens (including phenoxy) is 3. The molecule has 3 aromatic rings. The number of carbonyl (C=O) groups is 2. The Bertz CT molecular complexity index is 1340. The van der Waals surface area contributed by atoms with Crippen molar-refractivity contribution in [1.29, 1.82) is 0 Å². The molecule has 3 aromatic carbocycles. The highest BCUT2D eigenvalue weighted by atomic mass is 19.1. The molecular weight excluding hydrogens is 515 g/mol. The number of aryl methyl sites for hydroxylation is 1. The summed E-state index contributed by atoms with van der Waals surface area (Å²) in [7, 11) is 4.52. The molecule has 2 amide bonds. The number of amides is 2. The van der Waals surface area contributed by atoms with Crippen molar-refractivity contribution in [3.8, 4) is 17.2 Å². The zero-order chi connectivity index (χ0) is 29.1. The standard InChI is InChI=1S/C19H20FNO2.C11H15N3O3/c1-23-17-13-15(8-9-16(17)20)19(11-12-19)21-18(22)10-7-14-5-3-2-4-6-14;1-16-8-4-3-7(5-9(8)17-2)6-10(15)14-11(12)13/h2-6,8-9,13H,7,10-12H2,1H3,(H,21,22);3-5H,6H2,1-2H3,(H4,12,13,14,15). The lowest BCUT2D eigenvalue weighted by molar-refractivity contribution is -0.122. The van der Waals surface area contributed by atoms with Gasteiger partial charge in [0, 0.05) is 6.42 Å². The maximum atomic E-state index is 13.5. The molecule has 5 N–H and O–H groups in total. The largest absolute Gasteiger partial charge is 0.494 e. The van der Waals surface area contributed by atoms with E-state index in [1.54, 1.807) is 37.4 Å². The highest BCUT2D eigenvalue weighted by Crippen LogP contribution is 2.46. The fraction of sp³-hybridized carbons (Fsp3) is 0.300. The monoisotopic (exact) mass is 550 g/mol. The highest BCUT2D eigenvalue weighted by molar-refractivity contribution is 5.92. The predicted octanol–water partition coefficient (Wildman–Crippen LogP) is 3.62. The summed E-state index contributed by atoms with van der Waals surface area (Å²) in [5, 5.41) is 3.11. The molecule has 0 spiro atoms. The minimum Gasteiger partial charge on any atom is -0.494 e. The number of rotatable bonds is 10. The number of halogens is 1. The molecule has 0 aliphatic heterocycles. The zero-order valence-corrected chi connectivity index (χ0v) is 22.9. The molecule has 10 heteroatoms. The topological polar surface area (TPSA) is 138 Å². The molecule has 1 aliphatic rings. The van der Waals surface area contributed by atoms with Gasteiger partial charge in [-0.05, 0) is 60.2 Å². The molecule has 0 heterocycles. The summed E-state index contributed by atoms with van der Waals surface area (Å²) < 4.78 is 28.8. The lowest BCUT2D eigenvalue weighted by atomic mass is 10.0. The van der Waals surface area contributed by atoms with Crippen molar-refractivity contribution < 1.29 is 28.2 Å². The third-order valence-corrected chi connectivity index (χ3v) is 6.37. The van der Waals surface area contributed by atoms with Crippen molar-refractivity contribution in [3.05, 3.63) is 89.2 Å². The summed E-state index contributed by atoms with van der Waals surface area (Å²) in [4.78, 5) is 27.0. The van der Waals surface area contributed by atoms with E-state index < -0.39 is 5.91 Å². The lowest BCUT2D eigenvalue weighted by Crippen LogP contribution is -2.35. The van der Waals surface area contributed by atoms with Gasteiger partial charge in [0.1, 0.15) is 0 Å². The van der Waals surface area contributed by atoms with Gasteiger partial charge in [-0.15, -0.1) is 0 Å². The van der Waals surface area contributed by atoms with Gasteiger partial charge in [0.2, 0.25) is 5.91 Å². The SMILES string of the molecule is COc1cc(C2(NC(=O)CCc3ccccc3)CC2)ccc1F.COc1ccc(CC(=O)N=C(N)N)cc1OC. The fourth-order valence-electron chi connectivity index (χ4n) is 4.15. The van der Waals surface area contributed by atoms with Crippen LogP contribution < -0.4 is 31.0 Å². The number of aliphatic imine (C=N–C) groups is 1. The number of nitrogens with two attached hydrogens (primary N) is 2. The molecule has 212 valence electrons. The lowest BCUT2D eigenvalue weighted by Gasteiger charge is -2.19. The van der Waals surface area contributed by atoms with Crippen molar-refractivity contribution in [3.63, 3.8) is 0 Å². The summed E-state index contributed by atoms with van der Waals surface area (Å²) >= 11 is 0. The molecule has 1 fully saturated rings. The number of methoxy groups -OCH3 is 3. The van der Waals surface area contributed by atoms with E-state index in [1.807, 2.05) is 30.3 Å². The van der Waals surface area contributed by atoms with Crippen LogP contribution >= 0.6 is 0 Å².